The molecule has 1 unspecified atom stereocenters. The van der Waals surface area contributed by atoms with Crippen LogP contribution in [0.3, 0.4) is 0 Å². The molecule has 19 heavy (non-hydrogen) atoms. The molecule has 1 atom stereocenters. The van der Waals surface area contributed by atoms with Gasteiger partial charge in [-0.1, -0.05) is 18.3 Å². The van der Waals surface area contributed by atoms with E-state index in [1.807, 2.05) is 13.8 Å². The predicted octanol–water partition coefficient (Wildman–Crippen LogP) is 0.712. The minimum absolute atomic E-state index is 0.0309. The van der Waals surface area contributed by atoms with E-state index in [0.717, 1.165) is 10.6 Å². The largest absolute Gasteiger partial charge is 0.351 e. The lowest BCUT2D eigenvalue weighted by molar-refractivity contribution is -0.124. The van der Waals surface area contributed by atoms with E-state index in [2.05, 4.69) is 14.9 Å². The Balaban J connectivity index is 1.92. The first-order valence-corrected chi connectivity index (χ1v) is 8.78. The normalized spacial score (nSPS) is 21.7. The molecule has 1 N–H and O–H groups in total. The van der Waals surface area contributed by atoms with Crippen LogP contribution in [0.5, 0.6) is 0 Å². The standard InChI is InChI=1S/C11H17N3O3S2/c1-7(2)10-9(18-14-13-10)5-12-11(15)8-3-4-19(16,17)6-8/h7-8H,3-6H2,1-2H3,(H,12,15). The predicted molar refractivity (Wildman–Crippen MR) is 72.6 cm³/mol. The highest BCUT2D eigenvalue weighted by atomic mass is 32.2. The van der Waals surface area contributed by atoms with Gasteiger partial charge in [0.25, 0.3) is 0 Å². The van der Waals surface area contributed by atoms with Crippen LogP contribution in [-0.4, -0.2) is 35.4 Å². The summed E-state index contributed by atoms with van der Waals surface area (Å²) in [6, 6.07) is 0. The molecule has 0 spiro atoms. The molecule has 1 aromatic rings. The first-order valence-electron chi connectivity index (χ1n) is 6.18. The van der Waals surface area contributed by atoms with Gasteiger partial charge < -0.3 is 5.32 Å². The molecule has 1 aromatic heterocycles. The Morgan fingerprint density at radius 1 is 1.53 bits per heavy atom. The summed E-state index contributed by atoms with van der Waals surface area (Å²) in [6.45, 7) is 4.41. The fourth-order valence-corrected chi connectivity index (χ4v) is 4.57. The number of nitrogens with one attached hydrogen (secondary N) is 1. The van der Waals surface area contributed by atoms with Crippen LogP contribution in [-0.2, 0) is 21.2 Å². The molecule has 8 heteroatoms. The Bertz CT molecular complexity index is 565. The molecule has 2 heterocycles. The van der Waals surface area contributed by atoms with E-state index in [4.69, 9.17) is 0 Å². The topological polar surface area (TPSA) is 89.0 Å². The first kappa shape index (κ1) is 14.4. The van der Waals surface area contributed by atoms with Crippen molar-refractivity contribution in [2.75, 3.05) is 11.5 Å². The van der Waals surface area contributed by atoms with Crippen molar-refractivity contribution in [2.45, 2.75) is 32.7 Å². The molecule has 1 aliphatic heterocycles. The summed E-state index contributed by atoms with van der Waals surface area (Å²) in [5.41, 5.74) is 0.893. The molecule has 1 aliphatic rings. The fraction of sp³-hybridized carbons (Fsp3) is 0.727. The van der Waals surface area contributed by atoms with Gasteiger partial charge >= 0.3 is 0 Å². The van der Waals surface area contributed by atoms with Crippen molar-refractivity contribution in [2.24, 2.45) is 5.92 Å². The first-order chi connectivity index (χ1) is 8.89. The zero-order valence-corrected chi connectivity index (χ0v) is 12.6. The Hall–Kier alpha value is -1.02. The summed E-state index contributed by atoms with van der Waals surface area (Å²) >= 11 is 1.27. The molecule has 0 radical (unpaired) electrons. The van der Waals surface area contributed by atoms with Gasteiger partial charge in [0, 0.05) is 0 Å². The molecule has 0 aromatic carbocycles. The number of hydrogen-bond donors (Lipinski definition) is 1. The van der Waals surface area contributed by atoms with Gasteiger partial charge in [0.2, 0.25) is 5.91 Å². The third kappa shape index (κ3) is 3.50. The summed E-state index contributed by atoms with van der Waals surface area (Å²) < 4.78 is 26.5. The molecular formula is C11H17N3O3S2. The van der Waals surface area contributed by atoms with Crippen LogP contribution in [0.25, 0.3) is 0 Å². The third-order valence-corrected chi connectivity index (χ3v) is 5.66. The van der Waals surface area contributed by atoms with Crippen molar-refractivity contribution >= 4 is 27.3 Å². The van der Waals surface area contributed by atoms with E-state index in [9.17, 15) is 13.2 Å². The van der Waals surface area contributed by atoms with Gasteiger partial charge in [-0.15, -0.1) is 5.10 Å². The van der Waals surface area contributed by atoms with E-state index in [1.165, 1.54) is 11.5 Å². The number of rotatable bonds is 4. The molecule has 1 fully saturated rings. The second-order valence-electron chi connectivity index (χ2n) is 5.05. The third-order valence-electron chi connectivity index (χ3n) is 3.16. The molecule has 1 saturated heterocycles. The van der Waals surface area contributed by atoms with Crippen LogP contribution >= 0.6 is 11.5 Å². The van der Waals surface area contributed by atoms with Gasteiger partial charge in [-0.25, -0.2) is 8.42 Å². The molecule has 0 aliphatic carbocycles. The molecule has 0 saturated carbocycles. The van der Waals surface area contributed by atoms with Crippen molar-refractivity contribution in [3.63, 3.8) is 0 Å². The van der Waals surface area contributed by atoms with Crippen molar-refractivity contribution < 1.29 is 13.2 Å². The molecule has 0 bridgehead atoms. The highest BCUT2D eigenvalue weighted by Gasteiger charge is 2.32. The van der Waals surface area contributed by atoms with Crippen LogP contribution in [0.4, 0.5) is 0 Å². The lowest BCUT2D eigenvalue weighted by Crippen LogP contribution is -2.31. The van der Waals surface area contributed by atoms with E-state index in [-0.39, 0.29) is 23.3 Å². The summed E-state index contributed by atoms with van der Waals surface area (Å²) in [4.78, 5) is 12.8. The van der Waals surface area contributed by atoms with Crippen LogP contribution in [0.15, 0.2) is 0 Å². The number of amides is 1. The number of sulfone groups is 1. The van der Waals surface area contributed by atoms with Crippen LogP contribution < -0.4 is 5.32 Å². The molecule has 2 rings (SSSR count). The lowest BCUT2D eigenvalue weighted by Gasteiger charge is -2.09. The Morgan fingerprint density at radius 3 is 2.84 bits per heavy atom. The van der Waals surface area contributed by atoms with Crippen LogP contribution in [0, 0.1) is 5.92 Å². The number of aromatic nitrogens is 2. The Kier molecular flexibility index (Phi) is 4.19. The summed E-state index contributed by atoms with van der Waals surface area (Å²) in [7, 11) is -3.02. The van der Waals surface area contributed by atoms with Gasteiger partial charge in [0.05, 0.1) is 34.5 Å². The second-order valence-corrected chi connectivity index (χ2v) is 8.12. The zero-order chi connectivity index (χ0) is 14.0. The smallest absolute Gasteiger partial charge is 0.224 e. The minimum atomic E-state index is -3.02. The maximum absolute atomic E-state index is 11.9. The van der Waals surface area contributed by atoms with E-state index < -0.39 is 15.8 Å². The minimum Gasteiger partial charge on any atom is -0.351 e. The second kappa shape index (κ2) is 5.54. The van der Waals surface area contributed by atoms with Crippen molar-refractivity contribution in [3.05, 3.63) is 10.6 Å². The Morgan fingerprint density at radius 2 is 2.26 bits per heavy atom. The summed E-state index contributed by atoms with van der Waals surface area (Å²) in [6.07, 6.45) is 0.423. The Labute approximate surface area is 116 Å². The lowest BCUT2D eigenvalue weighted by atomic mass is 10.1. The van der Waals surface area contributed by atoms with Gasteiger partial charge in [0.15, 0.2) is 9.84 Å². The summed E-state index contributed by atoms with van der Waals surface area (Å²) in [5, 5.41) is 6.82. The zero-order valence-electron chi connectivity index (χ0n) is 10.9. The highest BCUT2D eigenvalue weighted by Crippen LogP contribution is 2.21. The van der Waals surface area contributed by atoms with E-state index in [1.54, 1.807) is 0 Å². The van der Waals surface area contributed by atoms with Gasteiger partial charge in [-0.05, 0) is 23.9 Å². The van der Waals surface area contributed by atoms with Crippen molar-refractivity contribution in [1.82, 2.24) is 14.9 Å². The SMILES string of the molecule is CC(C)c1nnsc1CNC(=O)C1CCS(=O)(=O)C1. The summed E-state index contributed by atoms with van der Waals surface area (Å²) in [5.74, 6) is -0.253. The van der Waals surface area contributed by atoms with Gasteiger partial charge in [-0.3, -0.25) is 4.79 Å². The van der Waals surface area contributed by atoms with Crippen molar-refractivity contribution in [1.29, 1.82) is 0 Å². The van der Waals surface area contributed by atoms with Crippen molar-refractivity contribution in [3.8, 4) is 0 Å². The van der Waals surface area contributed by atoms with Gasteiger partial charge in [-0.2, -0.15) is 0 Å². The van der Waals surface area contributed by atoms with E-state index >= 15 is 0 Å². The van der Waals surface area contributed by atoms with Crippen LogP contribution in [0.2, 0.25) is 0 Å². The number of nitrogens with zero attached hydrogens (tertiary/aromatic N) is 2. The molecule has 106 valence electrons. The van der Waals surface area contributed by atoms with Gasteiger partial charge in [0.1, 0.15) is 0 Å². The molecule has 6 nitrogen and oxygen atoms in total. The number of hydrogen-bond acceptors (Lipinski definition) is 6. The van der Waals surface area contributed by atoms with E-state index in [0.29, 0.717) is 13.0 Å². The maximum Gasteiger partial charge on any atom is 0.224 e. The average Bonchev–Trinajstić information content (AvgIpc) is 2.92. The monoisotopic (exact) mass is 303 g/mol. The molecule has 1 amide bonds. The van der Waals surface area contributed by atoms with Crippen LogP contribution in [0.1, 0.15) is 36.8 Å². The fourth-order valence-electron chi connectivity index (χ4n) is 2.09. The highest BCUT2D eigenvalue weighted by molar-refractivity contribution is 7.91. The quantitative estimate of drug-likeness (QED) is 0.885. The average molecular weight is 303 g/mol. The number of carbonyl (C=O) groups is 1. The number of carbonyl (C=O) groups excluding carboxylic acids is 1. The molecular weight excluding hydrogens is 286 g/mol. The maximum atomic E-state index is 11.9.